The van der Waals surface area contributed by atoms with Crippen molar-refractivity contribution in [1.82, 2.24) is 10.3 Å². The first-order chi connectivity index (χ1) is 7.66. The van der Waals surface area contributed by atoms with E-state index in [0.717, 1.165) is 15.2 Å². The highest BCUT2D eigenvalue weighted by atomic mass is 35.5. The topological polar surface area (TPSA) is 42.0 Å². The van der Waals surface area contributed by atoms with E-state index in [9.17, 15) is 9.18 Å². The average Bonchev–Trinajstić information content (AvgIpc) is 2.68. The maximum Gasteiger partial charge on any atom is 0.270 e. The molecule has 1 atom stereocenters. The summed E-state index contributed by atoms with van der Waals surface area (Å²) in [5, 5.41) is 3.09. The number of benzene rings is 1. The molecule has 0 bridgehead atoms. The number of alkyl halides is 2. The van der Waals surface area contributed by atoms with Gasteiger partial charge in [0.1, 0.15) is 5.01 Å². The maximum atomic E-state index is 12.3. The first kappa shape index (κ1) is 11.3. The number of para-hydroxylation sites is 1. The lowest BCUT2D eigenvalue weighted by molar-refractivity contribution is -0.123. The zero-order valence-corrected chi connectivity index (χ0v) is 9.69. The maximum absolute atomic E-state index is 12.3. The summed E-state index contributed by atoms with van der Waals surface area (Å²) in [5.74, 6) is -0.832. The van der Waals surface area contributed by atoms with E-state index < -0.39 is 11.5 Å². The Morgan fingerprint density at radius 3 is 3.00 bits per heavy atom. The number of fused-ring (bicyclic) bond motifs is 1. The molecule has 84 valence electrons. The number of aromatic nitrogens is 1. The number of hydrogen-bond acceptors (Lipinski definition) is 3. The second-order valence-electron chi connectivity index (χ2n) is 3.09. The van der Waals surface area contributed by atoms with Gasteiger partial charge in [0.05, 0.1) is 16.8 Å². The van der Waals surface area contributed by atoms with Crippen LogP contribution in [0.15, 0.2) is 24.3 Å². The fourth-order valence-corrected chi connectivity index (χ4v) is 2.22. The molecule has 0 saturated carbocycles. The molecule has 0 aliphatic carbocycles. The van der Waals surface area contributed by atoms with Crippen LogP contribution in [0.2, 0.25) is 0 Å². The first-order valence-corrected chi connectivity index (χ1v) is 5.82. The summed E-state index contributed by atoms with van der Waals surface area (Å²) in [7, 11) is 0. The molecule has 1 amide bonds. The molecule has 0 saturated heterocycles. The number of thiazole rings is 1. The molecule has 3 nitrogen and oxygen atoms in total. The third-order valence-electron chi connectivity index (χ3n) is 1.95. The van der Waals surface area contributed by atoms with E-state index in [-0.39, 0.29) is 6.54 Å². The van der Waals surface area contributed by atoms with Crippen LogP contribution < -0.4 is 5.32 Å². The Morgan fingerprint density at radius 2 is 2.31 bits per heavy atom. The molecule has 0 aliphatic rings. The van der Waals surface area contributed by atoms with Gasteiger partial charge in [-0.1, -0.05) is 23.7 Å². The van der Waals surface area contributed by atoms with Crippen LogP contribution >= 0.6 is 22.9 Å². The molecule has 0 spiro atoms. The van der Waals surface area contributed by atoms with Gasteiger partial charge in [-0.25, -0.2) is 9.37 Å². The van der Waals surface area contributed by atoms with Crippen LogP contribution in [0, 0.1) is 0 Å². The van der Waals surface area contributed by atoms with E-state index in [1.165, 1.54) is 11.3 Å². The van der Waals surface area contributed by atoms with Crippen molar-refractivity contribution in [3.05, 3.63) is 29.3 Å². The van der Waals surface area contributed by atoms with Gasteiger partial charge in [-0.2, -0.15) is 0 Å². The standard InChI is InChI=1S/C10H8ClFN2OS/c11-9(12)10(15)13-5-8-14-6-3-1-2-4-7(6)16-8/h1-4,9H,5H2,(H,13,15). The van der Waals surface area contributed by atoms with Gasteiger partial charge in [-0.3, -0.25) is 4.79 Å². The Bertz CT molecular complexity index is 481. The van der Waals surface area contributed by atoms with Gasteiger partial charge in [0.25, 0.3) is 11.5 Å². The summed E-state index contributed by atoms with van der Waals surface area (Å²) in [6.45, 7) is 0.200. The van der Waals surface area contributed by atoms with Crippen LogP contribution in [0.3, 0.4) is 0 Å². The predicted octanol–water partition coefficient (Wildman–Crippen LogP) is 2.45. The fraction of sp³-hybridized carbons (Fsp3) is 0.200. The van der Waals surface area contributed by atoms with Crippen LogP contribution in [-0.4, -0.2) is 16.5 Å². The number of hydrogen-bond donors (Lipinski definition) is 1. The van der Waals surface area contributed by atoms with Crippen molar-refractivity contribution in [1.29, 1.82) is 0 Å². The molecule has 1 aromatic carbocycles. The van der Waals surface area contributed by atoms with Crippen LogP contribution in [0.4, 0.5) is 4.39 Å². The number of halogens is 2. The summed E-state index contributed by atoms with van der Waals surface area (Å²) in [4.78, 5) is 15.2. The molecule has 2 rings (SSSR count). The van der Waals surface area contributed by atoms with Crippen LogP contribution in [0.5, 0.6) is 0 Å². The zero-order valence-electron chi connectivity index (χ0n) is 8.11. The fourth-order valence-electron chi connectivity index (χ4n) is 1.24. The second-order valence-corrected chi connectivity index (χ2v) is 4.59. The summed E-state index contributed by atoms with van der Waals surface area (Å²) in [6, 6.07) is 7.63. The number of carbonyl (C=O) groups excluding carboxylic acids is 1. The Morgan fingerprint density at radius 1 is 1.56 bits per heavy atom. The summed E-state index contributed by atoms with van der Waals surface area (Å²) >= 11 is 6.44. The van der Waals surface area contributed by atoms with E-state index >= 15 is 0 Å². The third-order valence-corrected chi connectivity index (χ3v) is 3.18. The van der Waals surface area contributed by atoms with E-state index in [1.807, 2.05) is 24.3 Å². The predicted molar refractivity (Wildman–Crippen MR) is 62.2 cm³/mol. The highest BCUT2D eigenvalue weighted by molar-refractivity contribution is 7.18. The minimum Gasteiger partial charge on any atom is -0.346 e. The highest BCUT2D eigenvalue weighted by Gasteiger charge is 2.13. The zero-order chi connectivity index (χ0) is 11.5. The first-order valence-electron chi connectivity index (χ1n) is 4.57. The highest BCUT2D eigenvalue weighted by Crippen LogP contribution is 2.21. The van der Waals surface area contributed by atoms with Gasteiger partial charge in [-0.05, 0) is 12.1 Å². The second kappa shape index (κ2) is 4.76. The summed E-state index contributed by atoms with van der Waals surface area (Å²) in [6.07, 6.45) is 0. The molecule has 16 heavy (non-hydrogen) atoms. The molecule has 1 aromatic heterocycles. The van der Waals surface area contributed by atoms with Crippen molar-refractivity contribution < 1.29 is 9.18 Å². The molecule has 6 heteroatoms. The monoisotopic (exact) mass is 258 g/mol. The van der Waals surface area contributed by atoms with Crippen molar-refractivity contribution in [2.75, 3.05) is 0 Å². The van der Waals surface area contributed by atoms with Crippen molar-refractivity contribution >= 4 is 39.1 Å². The van der Waals surface area contributed by atoms with E-state index in [0.29, 0.717) is 0 Å². The Kier molecular flexibility index (Phi) is 3.36. The van der Waals surface area contributed by atoms with Gasteiger partial charge in [-0.15, -0.1) is 11.3 Å². The van der Waals surface area contributed by atoms with Crippen molar-refractivity contribution in [3.8, 4) is 0 Å². The average molecular weight is 259 g/mol. The van der Waals surface area contributed by atoms with E-state index in [4.69, 9.17) is 11.6 Å². The largest absolute Gasteiger partial charge is 0.346 e. The number of rotatable bonds is 3. The van der Waals surface area contributed by atoms with Crippen molar-refractivity contribution in [2.24, 2.45) is 0 Å². The van der Waals surface area contributed by atoms with Gasteiger partial charge in [0.2, 0.25) is 0 Å². The molecule has 1 heterocycles. The lowest BCUT2D eigenvalue weighted by Gasteiger charge is -2.00. The molecular formula is C10H8ClFN2OS. The molecular weight excluding hydrogens is 251 g/mol. The number of nitrogens with zero attached hydrogens (tertiary/aromatic N) is 1. The van der Waals surface area contributed by atoms with Gasteiger partial charge < -0.3 is 5.32 Å². The number of amides is 1. The summed E-state index contributed by atoms with van der Waals surface area (Å²) in [5.41, 5.74) is -1.13. The quantitative estimate of drug-likeness (QED) is 0.860. The molecule has 2 aromatic rings. The van der Waals surface area contributed by atoms with Crippen LogP contribution in [0.1, 0.15) is 5.01 Å². The molecule has 1 N–H and O–H groups in total. The van der Waals surface area contributed by atoms with Crippen molar-refractivity contribution in [2.45, 2.75) is 12.2 Å². The normalized spacial score (nSPS) is 12.6. The molecule has 0 fully saturated rings. The lowest BCUT2D eigenvalue weighted by Crippen LogP contribution is -2.28. The Balaban J connectivity index is 2.07. The molecule has 1 unspecified atom stereocenters. The SMILES string of the molecule is O=C(NCc1nc2ccccc2s1)C(F)Cl. The smallest absolute Gasteiger partial charge is 0.270 e. The summed E-state index contributed by atoms with van der Waals surface area (Å²) < 4.78 is 13.4. The minimum atomic E-state index is -2.01. The van der Waals surface area contributed by atoms with Crippen LogP contribution in [-0.2, 0) is 11.3 Å². The minimum absolute atomic E-state index is 0.200. The van der Waals surface area contributed by atoms with Crippen molar-refractivity contribution in [3.63, 3.8) is 0 Å². The van der Waals surface area contributed by atoms with E-state index in [2.05, 4.69) is 10.3 Å². The van der Waals surface area contributed by atoms with E-state index in [1.54, 1.807) is 0 Å². The molecule has 0 aliphatic heterocycles. The van der Waals surface area contributed by atoms with Gasteiger partial charge in [0.15, 0.2) is 0 Å². The lowest BCUT2D eigenvalue weighted by atomic mass is 10.3. The number of carbonyl (C=O) groups is 1. The molecule has 0 radical (unpaired) electrons. The van der Waals surface area contributed by atoms with Gasteiger partial charge in [0, 0.05) is 0 Å². The Labute approximate surface area is 100 Å². The Hall–Kier alpha value is -1.20. The third kappa shape index (κ3) is 2.48. The van der Waals surface area contributed by atoms with Gasteiger partial charge >= 0.3 is 0 Å². The number of nitrogens with one attached hydrogen (secondary N) is 1. The van der Waals surface area contributed by atoms with Crippen LogP contribution in [0.25, 0.3) is 10.2 Å².